The summed E-state index contributed by atoms with van der Waals surface area (Å²) in [7, 11) is 1.53. The van der Waals surface area contributed by atoms with E-state index in [2.05, 4.69) is 9.97 Å². The zero-order valence-electron chi connectivity index (χ0n) is 10.8. The van der Waals surface area contributed by atoms with Crippen molar-refractivity contribution < 1.29 is 9.13 Å². The molecule has 0 spiro atoms. The quantitative estimate of drug-likeness (QED) is 0.776. The van der Waals surface area contributed by atoms with Crippen molar-refractivity contribution >= 4 is 16.9 Å². The number of hydrogen-bond donors (Lipinski definition) is 1. The monoisotopic (exact) mass is 269 g/mol. The van der Waals surface area contributed by atoms with Gasteiger partial charge in [0.2, 0.25) is 11.8 Å². The van der Waals surface area contributed by atoms with Crippen molar-refractivity contribution in [3.05, 3.63) is 48.3 Å². The largest absolute Gasteiger partial charge is 0.480 e. The number of methoxy groups -OCH3 is 1. The van der Waals surface area contributed by atoms with Crippen LogP contribution in [-0.2, 0) is 0 Å². The molecule has 20 heavy (non-hydrogen) atoms. The average Bonchev–Trinajstić information content (AvgIpc) is 2.46. The van der Waals surface area contributed by atoms with E-state index in [-0.39, 0.29) is 11.8 Å². The molecule has 0 atom stereocenters. The number of aromatic nitrogens is 2. The fourth-order valence-corrected chi connectivity index (χ4v) is 2.10. The van der Waals surface area contributed by atoms with Crippen molar-refractivity contribution in [3.63, 3.8) is 0 Å². The first kappa shape index (κ1) is 12.3. The highest BCUT2D eigenvalue weighted by Crippen LogP contribution is 2.28. The number of benzene rings is 2. The Hall–Kier alpha value is -2.69. The Morgan fingerprint density at radius 1 is 1.00 bits per heavy atom. The van der Waals surface area contributed by atoms with Crippen molar-refractivity contribution in [3.8, 4) is 17.0 Å². The maximum Gasteiger partial charge on any atom is 0.226 e. The van der Waals surface area contributed by atoms with E-state index in [0.717, 1.165) is 16.5 Å². The van der Waals surface area contributed by atoms with Gasteiger partial charge in [-0.25, -0.2) is 9.37 Å². The number of nitrogens with two attached hydrogens (primary N) is 1. The van der Waals surface area contributed by atoms with Gasteiger partial charge in [-0.2, -0.15) is 4.98 Å². The molecule has 0 saturated heterocycles. The summed E-state index contributed by atoms with van der Waals surface area (Å²) in [6.07, 6.45) is 0. The normalized spacial score (nSPS) is 10.7. The fourth-order valence-electron chi connectivity index (χ4n) is 2.10. The van der Waals surface area contributed by atoms with Crippen LogP contribution >= 0.6 is 0 Å². The number of halogens is 1. The van der Waals surface area contributed by atoms with Gasteiger partial charge in [0, 0.05) is 0 Å². The maximum absolute atomic E-state index is 13.0. The molecule has 0 saturated carbocycles. The van der Waals surface area contributed by atoms with Gasteiger partial charge in [0.05, 0.1) is 18.0 Å². The fraction of sp³-hybridized carbons (Fsp3) is 0.0667. The molecule has 0 aliphatic carbocycles. The number of nitrogen functional groups attached to an aromatic ring is 1. The molecule has 2 N–H and O–H groups in total. The summed E-state index contributed by atoms with van der Waals surface area (Å²) in [5.74, 6) is 0.337. The molecule has 0 fully saturated rings. The predicted octanol–water partition coefficient (Wildman–Crippen LogP) is 3.03. The molecule has 0 bridgehead atoms. The van der Waals surface area contributed by atoms with Gasteiger partial charge in [-0.15, -0.1) is 0 Å². The molecule has 0 unspecified atom stereocenters. The Balaban J connectivity index is 2.19. The molecular formula is C15H12FN3O. The lowest BCUT2D eigenvalue weighted by molar-refractivity contribution is 0.403. The number of fused-ring (bicyclic) bond motifs is 1. The first-order valence-corrected chi connectivity index (χ1v) is 6.04. The van der Waals surface area contributed by atoms with E-state index in [1.807, 2.05) is 18.2 Å². The molecule has 2 aromatic carbocycles. The Morgan fingerprint density at radius 2 is 1.70 bits per heavy atom. The number of hydrogen-bond acceptors (Lipinski definition) is 4. The van der Waals surface area contributed by atoms with Gasteiger partial charge < -0.3 is 10.5 Å². The number of anilines is 1. The summed E-state index contributed by atoms with van der Waals surface area (Å²) in [5, 5.41) is 0.767. The minimum absolute atomic E-state index is 0.170. The minimum Gasteiger partial charge on any atom is -0.480 e. The van der Waals surface area contributed by atoms with Gasteiger partial charge in [-0.05, 0) is 35.4 Å². The van der Waals surface area contributed by atoms with Gasteiger partial charge in [-0.1, -0.05) is 18.2 Å². The summed E-state index contributed by atoms with van der Waals surface area (Å²) >= 11 is 0. The molecule has 3 aromatic rings. The van der Waals surface area contributed by atoms with E-state index < -0.39 is 0 Å². The van der Waals surface area contributed by atoms with Crippen LogP contribution in [0.4, 0.5) is 10.3 Å². The van der Waals surface area contributed by atoms with Crippen molar-refractivity contribution in [2.24, 2.45) is 0 Å². The molecule has 0 aliphatic heterocycles. The van der Waals surface area contributed by atoms with Crippen LogP contribution in [0.5, 0.6) is 5.88 Å². The Bertz CT molecular complexity index is 772. The van der Waals surface area contributed by atoms with Crippen LogP contribution in [0, 0.1) is 5.82 Å². The minimum atomic E-state index is -0.261. The van der Waals surface area contributed by atoms with Gasteiger partial charge in [0.25, 0.3) is 0 Å². The second kappa shape index (κ2) is 4.77. The van der Waals surface area contributed by atoms with E-state index in [9.17, 15) is 4.39 Å². The molecular weight excluding hydrogens is 257 g/mol. The molecule has 0 radical (unpaired) electrons. The summed E-state index contributed by atoms with van der Waals surface area (Å²) < 4.78 is 18.2. The Morgan fingerprint density at radius 3 is 2.40 bits per heavy atom. The molecule has 4 nitrogen and oxygen atoms in total. The topological polar surface area (TPSA) is 61.0 Å². The van der Waals surface area contributed by atoms with Crippen LogP contribution in [0.3, 0.4) is 0 Å². The van der Waals surface area contributed by atoms with Crippen LogP contribution in [0.2, 0.25) is 0 Å². The van der Waals surface area contributed by atoms with Crippen molar-refractivity contribution in [1.82, 2.24) is 9.97 Å². The average molecular weight is 269 g/mol. The second-order valence-corrected chi connectivity index (χ2v) is 4.33. The van der Waals surface area contributed by atoms with Crippen LogP contribution in [0.25, 0.3) is 22.0 Å². The molecule has 1 aromatic heterocycles. The zero-order chi connectivity index (χ0) is 14.1. The highest BCUT2D eigenvalue weighted by atomic mass is 19.1. The van der Waals surface area contributed by atoms with Crippen molar-refractivity contribution in [2.45, 2.75) is 0 Å². The Labute approximate surface area is 115 Å². The Kier molecular flexibility index (Phi) is 2.95. The molecule has 3 rings (SSSR count). The standard InChI is InChI=1S/C15H12FN3O/c1-20-14-12-8-10(9-2-5-11(16)6-3-9)4-7-13(12)18-15(17)19-14/h2-8H,1H3,(H2,17,18,19). The third-order valence-electron chi connectivity index (χ3n) is 3.05. The van der Waals surface area contributed by atoms with Crippen LogP contribution in [0.15, 0.2) is 42.5 Å². The smallest absolute Gasteiger partial charge is 0.226 e. The highest BCUT2D eigenvalue weighted by Gasteiger charge is 2.08. The maximum atomic E-state index is 13.0. The van der Waals surface area contributed by atoms with E-state index in [1.54, 1.807) is 12.1 Å². The summed E-state index contributed by atoms with van der Waals surface area (Å²) in [5.41, 5.74) is 8.17. The van der Waals surface area contributed by atoms with Crippen molar-refractivity contribution in [1.29, 1.82) is 0 Å². The van der Waals surface area contributed by atoms with E-state index in [0.29, 0.717) is 11.4 Å². The van der Waals surface area contributed by atoms with E-state index in [1.165, 1.54) is 19.2 Å². The number of rotatable bonds is 2. The first-order valence-electron chi connectivity index (χ1n) is 6.04. The van der Waals surface area contributed by atoms with E-state index in [4.69, 9.17) is 10.5 Å². The zero-order valence-corrected chi connectivity index (χ0v) is 10.8. The molecule has 0 amide bonds. The van der Waals surface area contributed by atoms with Crippen LogP contribution in [0.1, 0.15) is 0 Å². The number of ether oxygens (including phenoxy) is 1. The lowest BCUT2D eigenvalue weighted by Gasteiger charge is -2.07. The van der Waals surface area contributed by atoms with Gasteiger partial charge >= 0.3 is 0 Å². The molecule has 100 valence electrons. The molecule has 1 heterocycles. The van der Waals surface area contributed by atoms with E-state index >= 15 is 0 Å². The lowest BCUT2D eigenvalue weighted by Crippen LogP contribution is -1.98. The first-order chi connectivity index (χ1) is 9.67. The highest BCUT2D eigenvalue weighted by molar-refractivity contribution is 5.88. The summed E-state index contributed by atoms with van der Waals surface area (Å²) in [6.45, 7) is 0. The summed E-state index contributed by atoms with van der Waals surface area (Å²) in [6, 6.07) is 12.0. The lowest BCUT2D eigenvalue weighted by atomic mass is 10.0. The SMILES string of the molecule is COc1nc(N)nc2ccc(-c3ccc(F)cc3)cc12. The van der Waals surface area contributed by atoms with Gasteiger partial charge in [0.15, 0.2) is 0 Å². The van der Waals surface area contributed by atoms with Crippen molar-refractivity contribution in [2.75, 3.05) is 12.8 Å². The summed E-state index contributed by atoms with van der Waals surface area (Å²) in [4.78, 5) is 8.21. The van der Waals surface area contributed by atoms with Gasteiger partial charge in [-0.3, -0.25) is 0 Å². The predicted molar refractivity (Wildman–Crippen MR) is 75.9 cm³/mol. The van der Waals surface area contributed by atoms with Gasteiger partial charge in [0.1, 0.15) is 5.82 Å². The number of nitrogens with zero attached hydrogens (tertiary/aromatic N) is 2. The van der Waals surface area contributed by atoms with Crippen LogP contribution < -0.4 is 10.5 Å². The second-order valence-electron chi connectivity index (χ2n) is 4.33. The van der Waals surface area contributed by atoms with Crippen LogP contribution in [-0.4, -0.2) is 17.1 Å². The molecule has 5 heteroatoms. The third-order valence-corrected chi connectivity index (χ3v) is 3.05. The third kappa shape index (κ3) is 2.14. The molecule has 0 aliphatic rings.